The minimum Gasteiger partial charge on any atom is -0.481 e. The number of aromatic nitrogens is 3. The highest BCUT2D eigenvalue weighted by molar-refractivity contribution is 8.00. The largest absolute Gasteiger partial charge is 0.481 e. The fraction of sp³-hybridized carbons (Fsp3) is 0.417. The first-order valence-electron chi connectivity index (χ1n) is 5.90. The molecule has 0 radical (unpaired) electrons. The zero-order valence-corrected chi connectivity index (χ0v) is 12.4. The van der Waals surface area contributed by atoms with Gasteiger partial charge in [-0.1, -0.05) is 11.8 Å². The lowest BCUT2D eigenvalue weighted by atomic mass is 10.3. The van der Waals surface area contributed by atoms with Crippen LogP contribution in [0.2, 0.25) is 0 Å². The summed E-state index contributed by atoms with van der Waals surface area (Å²) in [7, 11) is 0. The molecule has 5 nitrogen and oxygen atoms in total. The molecule has 0 amide bonds. The van der Waals surface area contributed by atoms with Crippen molar-refractivity contribution in [2.24, 2.45) is 0 Å². The first kappa shape index (κ1) is 14.1. The molecule has 0 aliphatic heterocycles. The van der Waals surface area contributed by atoms with Crippen molar-refractivity contribution in [2.75, 3.05) is 0 Å². The Morgan fingerprint density at radius 2 is 2.37 bits per heavy atom. The zero-order chi connectivity index (χ0) is 13.8. The van der Waals surface area contributed by atoms with E-state index in [2.05, 4.69) is 23.1 Å². The smallest absolute Gasteiger partial charge is 0.309 e. The minimum atomic E-state index is -0.846. The van der Waals surface area contributed by atoms with Crippen molar-refractivity contribution in [2.45, 2.75) is 36.9 Å². The number of hydrogen-bond acceptors (Lipinski definition) is 5. The fourth-order valence-electron chi connectivity index (χ4n) is 1.72. The van der Waals surface area contributed by atoms with E-state index in [1.165, 1.54) is 17.0 Å². The lowest BCUT2D eigenvalue weighted by Gasteiger charge is -2.02. The maximum atomic E-state index is 10.6. The normalized spacial score (nSPS) is 10.8. The number of aryl methyl sites for hydroxylation is 2. The lowest BCUT2D eigenvalue weighted by molar-refractivity contribution is -0.136. The molecule has 0 atom stereocenters. The fourth-order valence-corrected chi connectivity index (χ4v) is 3.54. The molecule has 0 saturated carbocycles. The van der Waals surface area contributed by atoms with Crippen molar-refractivity contribution < 1.29 is 9.90 Å². The third-order valence-electron chi connectivity index (χ3n) is 2.49. The van der Waals surface area contributed by atoms with E-state index in [1.54, 1.807) is 17.1 Å². The molecule has 0 aliphatic rings. The van der Waals surface area contributed by atoms with Gasteiger partial charge in [-0.05, 0) is 19.9 Å². The molecule has 2 aromatic heterocycles. The molecule has 19 heavy (non-hydrogen) atoms. The molecule has 0 fully saturated rings. The first-order chi connectivity index (χ1) is 9.08. The number of thiazole rings is 1. The number of aliphatic carboxylic acids is 1. The third-order valence-corrected chi connectivity index (χ3v) is 4.59. The topological polar surface area (TPSA) is 68.0 Å². The number of carbonyl (C=O) groups is 1. The maximum absolute atomic E-state index is 10.6. The average molecular weight is 297 g/mol. The van der Waals surface area contributed by atoms with Gasteiger partial charge in [0.15, 0.2) is 4.34 Å². The predicted molar refractivity (Wildman–Crippen MR) is 75.7 cm³/mol. The van der Waals surface area contributed by atoms with E-state index >= 15 is 0 Å². The molecular weight excluding hydrogens is 282 g/mol. The Kier molecular flexibility index (Phi) is 4.60. The molecule has 0 bridgehead atoms. The van der Waals surface area contributed by atoms with Crippen LogP contribution in [-0.2, 0) is 23.5 Å². The molecule has 2 heterocycles. The number of thioether (sulfide) groups is 1. The van der Waals surface area contributed by atoms with Crippen LogP contribution in [0, 0.1) is 6.92 Å². The Labute approximate surface area is 119 Å². The van der Waals surface area contributed by atoms with Crippen LogP contribution in [-0.4, -0.2) is 25.8 Å². The van der Waals surface area contributed by atoms with Gasteiger partial charge >= 0.3 is 5.97 Å². The predicted octanol–water partition coefficient (Wildman–Crippen LogP) is 2.59. The monoisotopic (exact) mass is 297 g/mol. The molecule has 2 aromatic rings. The van der Waals surface area contributed by atoms with Crippen molar-refractivity contribution in [1.29, 1.82) is 0 Å². The van der Waals surface area contributed by atoms with Gasteiger partial charge in [0.05, 0.1) is 17.8 Å². The number of rotatable bonds is 6. The molecule has 2 rings (SSSR count). The van der Waals surface area contributed by atoms with Crippen molar-refractivity contribution in [1.82, 2.24) is 14.8 Å². The van der Waals surface area contributed by atoms with Gasteiger partial charge in [-0.25, -0.2) is 4.98 Å². The number of carboxylic acid groups (broad SMARTS) is 1. The van der Waals surface area contributed by atoms with Gasteiger partial charge in [-0.15, -0.1) is 11.3 Å². The molecule has 0 saturated heterocycles. The summed E-state index contributed by atoms with van der Waals surface area (Å²) in [6, 6.07) is 2.07. The van der Waals surface area contributed by atoms with Crippen molar-refractivity contribution in [3.8, 4) is 0 Å². The molecule has 0 spiro atoms. The second kappa shape index (κ2) is 6.21. The van der Waals surface area contributed by atoms with E-state index in [0.29, 0.717) is 5.69 Å². The Morgan fingerprint density at radius 3 is 3.05 bits per heavy atom. The van der Waals surface area contributed by atoms with Crippen molar-refractivity contribution in [3.63, 3.8) is 0 Å². The van der Waals surface area contributed by atoms with E-state index in [0.717, 1.165) is 22.3 Å². The Balaban J connectivity index is 1.98. The van der Waals surface area contributed by atoms with Gasteiger partial charge in [-0.3, -0.25) is 9.48 Å². The van der Waals surface area contributed by atoms with Crippen LogP contribution in [0.4, 0.5) is 0 Å². The van der Waals surface area contributed by atoms with E-state index in [1.807, 2.05) is 11.6 Å². The molecule has 0 aromatic carbocycles. The quantitative estimate of drug-likeness (QED) is 0.830. The van der Waals surface area contributed by atoms with Crippen LogP contribution in [0.5, 0.6) is 0 Å². The molecular formula is C12H15N3O2S2. The summed E-state index contributed by atoms with van der Waals surface area (Å²) in [6.45, 7) is 4.90. The summed E-state index contributed by atoms with van der Waals surface area (Å²) < 4.78 is 2.88. The second-order valence-electron chi connectivity index (χ2n) is 4.06. The van der Waals surface area contributed by atoms with E-state index < -0.39 is 5.97 Å². The van der Waals surface area contributed by atoms with Gasteiger partial charge in [-0.2, -0.15) is 5.10 Å². The molecule has 0 aliphatic carbocycles. The highest BCUT2D eigenvalue weighted by Crippen LogP contribution is 2.26. The average Bonchev–Trinajstić information content (AvgIpc) is 2.92. The Bertz CT molecular complexity index is 577. The summed E-state index contributed by atoms with van der Waals surface area (Å²) in [5, 5.41) is 14.9. The van der Waals surface area contributed by atoms with Gasteiger partial charge < -0.3 is 5.11 Å². The minimum absolute atomic E-state index is 0.0109. The van der Waals surface area contributed by atoms with Crippen LogP contribution in [0.3, 0.4) is 0 Å². The van der Waals surface area contributed by atoms with Crippen LogP contribution in [0.15, 0.2) is 15.8 Å². The van der Waals surface area contributed by atoms with Crippen molar-refractivity contribution in [3.05, 3.63) is 28.5 Å². The van der Waals surface area contributed by atoms with Crippen LogP contribution >= 0.6 is 23.1 Å². The van der Waals surface area contributed by atoms with E-state index in [9.17, 15) is 4.79 Å². The zero-order valence-electron chi connectivity index (χ0n) is 10.8. The van der Waals surface area contributed by atoms with E-state index in [-0.39, 0.29) is 6.42 Å². The van der Waals surface area contributed by atoms with Gasteiger partial charge in [0, 0.05) is 23.4 Å². The van der Waals surface area contributed by atoms with Crippen LogP contribution in [0.1, 0.15) is 24.0 Å². The standard InChI is InChI=1S/C12H15N3O2S2/c1-3-15-10(4-8(2)14-15)7-19-12-13-9(6-18-12)5-11(16)17/h4,6H,3,5,7H2,1-2H3,(H,16,17). The Morgan fingerprint density at radius 1 is 1.58 bits per heavy atom. The van der Waals surface area contributed by atoms with Crippen LogP contribution < -0.4 is 0 Å². The number of nitrogens with zero attached hydrogens (tertiary/aromatic N) is 3. The van der Waals surface area contributed by atoms with Gasteiger partial charge in [0.1, 0.15) is 0 Å². The van der Waals surface area contributed by atoms with Crippen molar-refractivity contribution >= 4 is 29.1 Å². The maximum Gasteiger partial charge on any atom is 0.309 e. The van der Waals surface area contributed by atoms with Gasteiger partial charge in [0.2, 0.25) is 0 Å². The van der Waals surface area contributed by atoms with Crippen LogP contribution in [0.25, 0.3) is 0 Å². The summed E-state index contributed by atoms with van der Waals surface area (Å²) in [4.78, 5) is 14.9. The summed E-state index contributed by atoms with van der Waals surface area (Å²) >= 11 is 3.11. The Hall–Kier alpha value is -1.34. The SMILES string of the molecule is CCn1nc(C)cc1CSc1nc(CC(=O)O)cs1. The summed E-state index contributed by atoms with van der Waals surface area (Å²) in [6.07, 6.45) is -0.0109. The second-order valence-corrected chi connectivity index (χ2v) is 6.14. The molecule has 102 valence electrons. The van der Waals surface area contributed by atoms with E-state index in [4.69, 9.17) is 5.11 Å². The molecule has 0 unspecified atom stereocenters. The summed E-state index contributed by atoms with van der Waals surface area (Å²) in [5.74, 6) is -0.0455. The summed E-state index contributed by atoms with van der Waals surface area (Å²) in [5.41, 5.74) is 2.81. The number of hydrogen-bond donors (Lipinski definition) is 1. The first-order valence-corrected chi connectivity index (χ1v) is 7.77. The molecule has 7 heteroatoms. The van der Waals surface area contributed by atoms with Gasteiger partial charge in [0.25, 0.3) is 0 Å². The lowest BCUT2D eigenvalue weighted by Crippen LogP contribution is -2.01. The highest BCUT2D eigenvalue weighted by atomic mass is 32.2. The molecule has 1 N–H and O–H groups in total. The third kappa shape index (κ3) is 3.81. The number of carboxylic acids is 1. The highest BCUT2D eigenvalue weighted by Gasteiger charge is 2.09.